The third kappa shape index (κ3) is 4.49. The molecule has 0 bridgehead atoms. The summed E-state index contributed by atoms with van der Waals surface area (Å²) in [6, 6.07) is 10.8. The molecule has 112 valence electrons. The fourth-order valence-electron chi connectivity index (χ4n) is 2.14. The molecule has 2 rings (SSSR count). The Hall–Kier alpha value is -2.01. The van der Waals surface area contributed by atoms with Crippen molar-refractivity contribution in [3.63, 3.8) is 0 Å². The molecule has 0 aliphatic heterocycles. The minimum atomic E-state index is -2.79. The number of nitrogens with zero attached hydrogens (tertiary/aromatic N) is 1. The van der Waals surface area contributed by atoms with Gasteiger partial charge < -0.3 is 10.1 Å². The van der Waals surface area contributed by atoms with Crippen molar-refractivity contribution in [3.8, 4) is 5.75 Å². The molecule has 0 radical (unpaired) electrons. The van der Waals surface area contributed by atoms with E-state index in [2.05, 4.69) is 22.0 Å². The van der Waals surface area contributed by atoms with Crippen molar-refractivity contribution in [1.82, 2.24) is 10.3 Å². The Kier molecular flexibility index (Phi) is 5.22. The van der Waals surface area contributed by atoms with Crippen LogP contribution in [0.1, 0.15) is 37.1 Å². The van der Waals surface area contributed by atoms with Gasteiger partial charge in [-0.1, -0.05) is 18.2 Å². The van der Waals surface area contributed by atoms with Gasteiger partial charge in [-0.25, -0.2) is 0 Å². The highest BCUT2D eigenvalue weighted by Gasteiger charge is 2.12. The largest absolute Gasteiger partial charge is 0.435 e. The maximum absolute atomic E-state index is 12.1. The van der Waals surface area contributed by atoms with Gasteiger partial charge >= 0.3 is 6.61 Å². The van der Waals surface area contributed by atoms with Crippen LogP contribution in [0.25, 0.3) is 0 Å². The lowest BCUT2D eigenvalue weighted by molar-refractivity contribution is -0.0498. The number of aromatic nitrogens is 1. The molecule has 0 aliphatic carbocycles. The van der Waals surface area contributed by atoms with Crippen LogP contribution in [-0.2, 0) is 0 Å². The first-order valence-corrected chi connectivity index (χ1v) is 6.77. The van der Waals surface area contributed by atoms with Crippen molar-refractivity contribution >= 4 is 0 Å². The van der Waals surface area contributed by atoms with Gasteiger partial charge in [0.05, 0.1) is 0 Å². The van der Waals surface area contributed by atoms with Crippen molar-refractivity contribution in [2.75, 3.05) is 0 Å². The average Bonchev–Trinajstić information content (AvgIpc) is 2.48. The van der Waals surface area contributed by atoms with E-state index in [9.17, 15) is 8.78 Å². The fraction of sp³-hybridized carbons (Fsp3) is 0.312. The van der Waals surface area contributed by atoms with Crippen LogP contribution in [-0.4, -0.2) is 11.6 Å². The zero-order chi connectivity index (χ0) is 15.2. The number of pyridine rings is 1. The number of hydrogen-bond acceptors (Lipinski definition) is 3. The van der Waals surface area contributed by atoms with E-state index in [1.54, 1.807) is 30.5 Å². The Labute approximate surface area is 123 Å². The molecule has 21 heavy (non-hydrogen) atoms. The second-order valence-corrected chi connectivity index (χ2v) is 4.84. The van der Waals surface area contributed by atoms with E-state index in [4.69, 9.17) is 0 Å². The summed E-state index contributed by atoms with van der Waals surface area (Å²) in [5.74, 6) is 0.168. The minimum Gasteiger partial charge on any atom is -0.435 e. The summed E-state index contributed by atoms with van der Waals surface area (Å²) < 4.78 is 28.5. The summed E-state index contributed by atoms with van der Waals surface area (Å²) >= 11 is 0. The average molecular weight is 292 g/mol. The number of benzene rings is 1. The molecule has 0 spiro atoms. The first kappa shape index (κ1) is 15.4. The summed E-state index contributed by atoms with van der Waals surface area (Å²) in [7, 11) is 0. The quantitative estimate of drug-likeness (QED) is 0.870. The predicted molar refractivity (Wildman–Crippen MR) is 77.3 cm³/mol. The standard InChI is InChI=1S/C16H18F2N2O/c1-11(20-12(2)14-4-3-9-19-10-14)13-5-7-15(8-6-13)21-16(17)18/h3-12,16,20H,1-2H3. The van der Waals surface area contributed by atoms with E-state index in [0.29, 0.717) is 0 Å². The van der Waals surface area contributed by atoms with Gasteiger partial charge in [0.2, 0.25) is 0 Å². The van der Waals surface area contributed by atoms with Crippen LogP contribution in [0.2, 0.25) is 0 Å². The molecular weight excluding hydrogens is 274 g/mol. The first-order chi connectivity index (χ1) is 10.1. The minimum absolute atomic E-state index is 0.0841. The molecule has 3 nitrogen and oxygen atoms in total. The van der Waals surface area contributed by atoms with Crippen molar-refractivity contribution in [1.29, 1.82) is 0 Å². The lowest BCUT2D eigenvalue weighted by atomic mass is 10.1. The van der Waals surface area contributed by atoms with E-state index >= 15 is 0 Å². The third-order valence-corrected chi connectivity index (χ3v) is 3.29. The number of halogens is 2. The molecule has 0 fully saturated rings. The van der Waals surface area contributed by atoms with E-state index in [1.807, 2.05) is 25.3 Å². The van der Waals surface area contributed by atoms with E-state index in [1.165, 1.54) is 0 Å². The monoisotopic (exact) mass is 292 g/mol. The lowest BCUT2D eigenvalue weighted by Crippen LogP contribution is -2.22. The highest BCUT2D eigenvalue weighted by atomic mass is 19.3. The number of rotatable bonds is 6. The molecule has 5 heteroatoms. The SMILES string of the molecule is CC(NC(C)c1cccnc1)c1ccc(OC(F)F)cc1. The second-order valence-electron chi connectivity index (χ2n) is 4.84. The summed E-state index contributed by atoms with van der Waals surface area (Å²) in [5, 5.41) is 3.44. The predicted octanol–water partition coefficient (Wildman–Crippen LogP) is 4.09. The molecule has 0 saturated heterocycles. The van der Waals surface area contributed by atoms with E-state index in [0.717, 1.165) is 11.1 Å². The summed E-state index contributed by atoms with van der Waals surface area (Å²) in [5.41, 5.74) is 2.11. The van der Waals surface area contributed by atoms with Crippen LogP contribution in [0.4, 0.5) is 8.78 Å². The molecule has 2 unspecified atom stereocenters. The summed E-state index contributed by atoms with van der Waals surface area (Å²) in [6.07, 6.45) is 3.56. The van der Waals surface area contributed by atoms with Crippen LogP contribution in [0, 0.1) is 0 Å². The van der Waals surface area contributed by atoms with Gasteiger partial charge in [-0.15, -0.1) is 0 Å². The van der Waals surface area contributed by atoms with Crippen molar-refractivity contribution in [2.45, 2.75) is 32.5 Å². The molecule has 0 aliphatic rings. The van der Waals surface area contributed by atoms with Gasteiger partial charge in [0.25, 0.3) is 0 Å². The number of nitrogens with one attached hydrogen (secondary N) is 1. The van der Waals surface area contributed by atoms with E-state index < -0.39 is 6.61 Å². The normalized spacial score (nSPS) is 14.0. The molecule has 1 aromatic carbocycles. The number of ether oxygens (including phenoxy) is 1. The maximum Gasteiger partial charge on any atom is 0.387 e. The van der Waals surface area contributed by atoms with Gasteiger partial charge in [-0.3, -0.25) is 4.98 Å². The molecule has 2 aromatic rings. The van der Waals surface area contributed by atoms with E-state index in [-0.39, 0.29) is 17.8 Å². The second kappa shape index (κ2) is 7.13. The van der Waals surface area contributed by atoms with Gasteiger partial charge in [-0.05, 0) is 43.2 Å². The Morgan fingerprint density at radius 3 is 2.24 bits per heavy atom. The molecule has 1 N–H and O–H groups in total. The highest BCUT2D eigenvalue weighted by Crippen LogP contribution is 2.22. The van der Waals surface area contributed by atoms with Gasteiger partial charge in [0, 0.05) is 24.5 Å². The molecule has 1 aromatic heterocycles. The Balaban J connectivity index is 1.98. The van der Waals surface area contributed by atoms with Gasteiger partial charge in [-0.2, -0.15) is 8.78 Å². The van der Waals surface area contributed by atoms with Crippen molar-refractivity contribution in [2.24, 2.45) is 0 Å². The molecule has 1 heterocycles. The van der Waals surface area contributed by atoms with Gasteiger partial charge in [0.15, 0.2) is 0 Å². The van der Waals surface area contributed by atoms with Crippen molar-refractivity contribution < 1.29 is 13.5 Å². The molecular formula is C16H18F2N2O. The van der Waals surface area contributed by atoms with Crippen LogP contribution in [0.5, 0.6) is 5.75 Å². The van der Waals surface area contributed by atoms with Crippen LogP contribution >= 0.6 is 0 Å². The molecule has 0 amide bonds. The fourth-order valence-corrected chi connectivity index (χ4v) is 2.14. The van der Waals surface area contributed by atoms with Crippen molar-refractivity contribution in [3.05, 3.63) is 59.9 Å². The van der Waals surface area contributed by atoms with Crippen LogP contribution < -0.4 is 10.1 Å². The number of alkyl halides is 2. The molecule has 0 saturated carbocycles. The third-order valence-electron chi connectivity index (χ3n) is 3.29. The number of hydrogen-bond donors (Lipinski definition) is 1. The zero-order valence-corrected chi connectivity index (χ0v) is 12.0. The topological polar surface area (TPSA) is 34.2 Å². The van der Waals surface area contributed by atoms with Crippen LogP contribution in [0.3, 0.4) is 0 Å². The molecule has 2 atom stereocenters. The van der Waals surface area contributed by atoms with Crippen LogP contribution in [0.15, 0.2) is 48.8 Å². The smallest absolute Gasteiger partial charge is 0.387 e. The first-order valence-electron chi connectivity index (χ1n) is 6.77. The Morgan fingerprint density at radius 1 is 1.00 bits per heavy atom. The highest BCUT2D eigenvalue weighted by molar-refractivity contribution is 5.29. The Bertz CT molecular complexity index is 546. The Morgan fingerprint density at radius 2 is 1.67 bits per heavy atom. The summed E-state index contributed by atoms with van der Waals surface area (Å²) in [6.45, 7) is 1.29. The maximum atomic E-state index is 12.1. The lowest BCUT2D eigenvalue weighted by Gasteiger charge is -2.20. The van der Waals surface area contributed by atoms with Gasteiger partial charge in [0.1, 0.15) is 5.75 Å². The summed E-state index contributed by atoms with van der Waals surface area (Å²) in [4.78, 5) is 4.10. The zero-order valence-electron chi connectivity index (χ0n) is 12.0.